The number of carboxylic acid groups (broad SMARTS) is 2. The average Bonchev–Trinajstić information content (AvgIpc) is 1.58. The number of carbonyl (C=O) groups is 3. The Labute approximate surface area is 546 Å². The van der Waals surface area contributed by atoms with E-state index in [0.717, 1.165) is 17.1 Å². The molecule has 6 N–H and O–H groups in total. The minimum atomic E-state index is -4.85. The number of nitrogens with one attached hydrogen (secondary N) is 1. The number of anilines is 2. The quantitative estimate of drug-likeness (QED) is 0.0159. The summed E-state index contributed by atoms with van der Waals surface area (Å²) in [5, 5.41) is 21.8. The molecule has 0 saturated carbocycles. The number of hydrogen-bond donors (Lipinski definition) is 6. The average molecular weight is 1370 g/mol. The molecule has 0 spiro atoms. The van der Waals surface area contributed by atoms with Crippen LogP contribution in [0.4, 0.5) is 28.4 Å². The van der Waals surface area contributed by atoms with Crippen molar-refractivity contribution in [3.05, 3.63) is 246 Å². The molecule has 0 radical (unpaired) electrons. The number of benzene rings is 7. The van der Waals surface area contributed by atoms with Crippen LogP contribution in [-0.4, -0.2) is 131 Å². The first kappa shape index (κ1) is 73.0. The van der Waals surface area contributed by atoms with Gasteiger partial charge in [0, 0.05) is 86.0 Å². The van der Waals surface area contributed by atoms with Gasteiger partial charge in [0.15, 0.2) is 11.4 Å². The summed E-state index contributed by atoms with van der Waals surface area (Å²) in [6, 6.07) is 49.0. The number of para-hydroxylation sites is 3. The van der Waals surface area contributed by atoms with Crippen LogP contribution in [0.15, 0.2) is 227 Å². The molecular formula is C66H67ClN5O17S4+. The lowest BCUT2D eigenvalue weighted by molar-refractivity contribution is -0.438. The van der Waals surface area contributed by atoms with E-state index in [1.807, 2.05) is 97.4 Å². The van der Waals surface area contributed by atoms with Crippen molar-refractivity contribution >= 4 is 117 Å². The van der Waals surface area contributed by atoms with Crippen LogP contribution in [0, 0.1) is 0 Å². The maximum Gasteiger partial charge on any atom is 0.335 e. The van der Waals surface area contributed by atoms with Crippen LogP contribution < -0.4 is 10.2 Å². The molecule has 0 fully saturated rings. The minimum absolute atomic E-state index is 0. The van der Waals surface area contributed by atoms with Gasteiger partial charge in [0.25, 0.3) is 30.4 Å². The zero-order valence-corrected chi connectivity index (χ0v) is 54.6. The Balaban J connectivity index is 0.000000242. The van der Waals surface area contributed by atoms with Crippen LogP contribution in [0.5, 0.6) is 0 Å². The van der Waals surface area contributed by atoms with E-state index in [9.17, 15) is 66.8 Å². The van der Waals surface area contributed by atoms with Gasteiger partial charge in [-0.25, -0.2) is 18.0 Å². The zero-order valence-electron chi connectivity index (χ0n) is 50.5. The highest BCUT2D eigenvalue weighted by atomic mass is 35.5. The number of amides is 1. The minimum Gasteiger partial charge on any atom is -0.744 e. The fraction of sp³-hybridized carbons (Fsp3) is 0.182. The molecule has 0 bridgehead atoms. The Morgan fingerprint density at radius 1 is 0.591 bits per heavy atom. The lowest BCUT2D eigenvalue weighted by Gasteiger charge is -2.24. The van der Waals surface area contributed by atoms with Crippen molar-refractivity contribution in [3.8, 4) is 0 Å². The van der Waals surface area contributed by atoms with E-state index in [-0.39, 0.29) is 60.3 Å². The van der Waals surface area contributed by atoms with Gasteiger partial charge in [-0.15, -0.1) is 12.4 Å². The van der Waals surface area contributed by atoms with Crippen LogP contribution in [0.25, 0.3) is 0 Å². The van der Waals surface area contributed by atoms with Gasteiger partial charge >= 0.3 is 11.9 Å². The van der Waals surface area contributed by atoms with Crippen molar-refractivity contribution in [2.24, 2.45) is 4.99 Å². The highest BCUT2D eigenvalue weighted by Crippen LogP contribution is 2.47. The second-order valence-electron chi connectivity index (χ2n) is 21.3. The van der Waals surface area contributed by atoms with E-state index in [4.69, 9.17) is 9.66 Å². The molecule has 2 aliphatic rings. The Morgan fingerprint density at radius 2 is 1.05 bits per heavy atom. The summed E-state index contributed by atoms with van der Waals surface area (Å²) in [6.07, 6.45) is 12.2. The first-order valence-electron chi connectivity index (χ1n) is 28.2. The predicted molar refractivity (Wildman–Crippen MR) is 357 cm³/mol. The Kier molecular flexibility index (Phi) is 24.3. The van der Waals surface area contributed by atoms with Crippen molar-refractivity contribution in [1.82, 2.24) is 0 Å². The molecule has 7 aromatic rings. The number of aromatic carboxylic acids is 2. The van der Waals surface area contributed by atoms with Crippen molar-refractivity contribution < 1.29 is 85.6 Å². The number of carbonyl (C=O) groups excluding carboxylic acids is 1. The van der Waals surface area contributed by atoms with Crippen LogP contribution in [0.3, 0.4) is 0 Å². The maximum absolute atomic E-state index is 12.3. The highest BCUT2D eigenvalue weighted by Gasteiger charge is 2.50. The fourth-order valence-electron chi connectivity index (χ4n) is 10.6. The van der Waals surface area contributed by atoms with Crippen LogP contribution in [0.2, 0.25) is 0 Å². The summed E-state index contributed by atoms with van der Waals surface area (Å²) in [5.74, 6) is -3.41. The second kappa shape index (κ2) is 31.0. The topological polar surface area (TPSA) is 346 Å². The molecule has 9 rings (SSSR count). The van der Waals surface area contributed by atoms with Crippen molar-refractivity contribution in [3.63, 3.8) is 0 Å². The Morgan fingerprint density at radius 3 is 1.55 bits per heavy atom. The van der Waals surface area contributed by atoms with E-state index in [2.05, 4.69) is 10.3 Å². The Bertz CT molecular complexity index is 4550. The number of fused-ring (bicyclic) bond motifs is 2. The van der Waals surface area contributed by atoms with Gasteiger partial charge in [0.05, 0.1) is 38.1 Å². The van der Waals surface area contributed by atoms with Gasteiger partial charge < -0.3 is 20.1 Å². The fourth-order valence-corrected chi connectivity index (χ4v) is 12.6. The SMILES string of the molecule is C(/C=C/Nc1ccccc1)=Nc1ccccc1.CC(=O)N(/C=C/C=C/C1=[N+](CCCS(=O)(=O)O)c2ccc(S(=O)(=O)[O-])cc2C1(C)c1ccc(C(=O)O)cc1)c1ccccc1.CC1=[N+](CCCS(=O)(=O)O)c2ccc(S(=O)(=O)O)cc2C1(C)c1ccc(C(=O)O)cc1.Cl. The summed E-state index contributed by atoms with van der Waals surface area (Å²) >= 11 is 0. The van der Waals surface area contributed by atoms with E-state index in [0.29, 0.717) is 45.0 Å². The lowest BCUT2D eigenvalue weighted by Crippen LogP contribution is -2.33. The van der Waals surface area contributed by atoms with Crippen LogP contribution >= 0.6 is 12.4 Å². The third-order valence-electron chi connectivity index (χ3n) is 15.3. The number of halogens is 1. The number of carboxylic acids is 2. The molecule has 0 aromatic heterocycles. The third kappa shape index (κ3) is 18.8. The van der Waals surface area contributed by atoms with Crippen molar-refractivity contribution in [2.75, 3.05) is 34.8 Å². The molecule has 2 aliphatic heterocycles. The molecule has 22 nitrogen and oxygen atoms in total. The van der Waals surface area contributed by atoms with E-state index < -0.39 is 79.6 Å². The van der Waals surface area contributed by atoms with Gasteiger partial charge in [-0.3, -0.25) is 28.3 Å². The molecular weight excluding hydrogens is 1300 g/mol. The van der Waals surface area contributed by atoms with Gasteiger partial charge in [-0.1, -0.05) is 84.9 Å². The molecule has 7 aromatic carbocycles. The highest BCUT2D eigenvalue weighted by molar-refractivity contribution is 7.86. The van der Waals surface area contributed by atoms with Crippen LogP contribution in [-0.2, 0) is 56.1 Å². The first-order valence-corrected chi connectivity index (χ1v) is 34.2. The predicted octanol–water partition coefficient (Wildman–Crippen LogP) is 10.9. The molecule has 2 atom stereocenters. The summed E-state index contributed by atoms with van der Waals surface area (Å²) in [5.41, 5.74) is 5.46. The number of hydrogen-bond acceptors (Lipinski definition) is 14. The monoisotopic (exact) mass is 1360 g/mol. The summed E-state index contributed by atoms with van der Waals surface area (Å²) < 4.78 is 136. The van der Waals surface area contributed by atoms with Gasteiger partial charge in [-0.05, 0) is 122 Å². The smallest absolute Gasteiger partial charge is 0.335 e. The molecule has 93 heavy (non-hydrogen) atoms. The molecule has 2 heterocycles. The normalized spacial score (nSPS) is 16.3. The third-order valence-corrected chi connectivity index (χ3v) is 18.5. The Hall–Kier alpha value is -9.09. The molecule has 27 heteroatoms. The van der Waals surface area contributed by atoms with Gasteiger partial charge in [-0.2, -0.15) is 34.4 Å². The molecule has 2 unspecified atom stereocenters. The van der Waals surface area contributed by atoms with Gasteiger partial charge in [0.2, 0.25) is 17.3 Å². The second-order valence-corrected chi connectivity index (χ2v) is 27.2. The number of aliphatic imine (C=N–C) groups is 1. The molecule has 1 amide bonds. The maximum atomic E-state index is 12.3. The van der Waals surface area contributed by atoms with E-state index >= 15 is 0 Å². The van der Waals surface area contributed by atoms with E-state index in [1.165, 1.54) is 72.5 Å². The standard InChI is InChI=1S/C31H30N2O9S2.C20H21NO8S2.C15H14N2.ClH/c1-22(34)32(25-9-4-3-5-10-25)18-7-6-11-29-31(2,24-14-12-23(13-15-24)30(35)36)27-21-26(44(40,41)42)16-17-28(27)33(29)19-8-20-43(37,38)39;1-13-20(2,15-6-4-14(5-7-15)19(22)23)17-12-16(31(27,28)29)8-9-18(17)21(13)10-3-11-30(24,25)26;1-3-8-14(9-4-1)16-12-7-13-17-15-10-5-2-6-11-15;/h3-7,9-18,21H,8,19-20H2,1-2H3,(H2-,35,36,37,38,39,40,41,42);4-9,12H,3,10-11H2,1-2H3,(H2-,22,23,24,25,26,27,28,29);1-13,16H;1H/p+1/b;;12-7+,17-13?;. The van der Waals surface area contributed by atoms with Crippen molar-refractivity contribution in [2.45, 2.75) is 61.2 Å². The van der Waals surface area contributed by atoms with E-state index in [1.54, 1.807) is 90.7 Å². The van der Waals surface area contributed by atoms with Crippen molar-refractivity contribution in [1.29, 1.82) is 0 Å². The molecule has 488 valence electrons. The van der Waals surface area contributed by atoms with Gasteiger partial charge in [0.1, 0.15) is 34.0 Å². The zero-order chi connectivity index (χ0) is 67.2. The summed E-state index contributed by atoms with van der Waals surface area (Å²) in [7, 11) is -17.7. The summed E-state index contributed by atoms with van der Waals surface area (Å²) in [6.45, 7) is 7.18. The number of allylic oxidation sites excluding steroid dienone is 4. The molecule has 0 saturated heterocycles. The molecule has 0 aliphatic carbocycles. The summed E-state index contributed by atoms with van der Waals surface area (Å²) in [4.78, 5) is 40.0. The lowest BCUT2D eigenvalue weighted by atomic mass is 9.73. The van der Waals surface area contributed by atoms with Crippen LogP contribution in [0.1, 0.15) is 83.5 Å². The number of nitrogens with zero attached hydrogens (tertiary/aromatic N) is 4. The number of rotatable bonds is 22. The largest absolute Gasteiger partial charge is 0.744 e. The first-order chi connectivity index (χ1) is 43.3.